The number of pyridine rings is 1. The fourth-order valence-corrected chi connectivity index (χ4v) is 3.82. The number of carbonyl (C=O) groups excluding carboxylic acids is 3. The molecule has 1 N–H and O–H groups in total. The Bertz CT molecular complexity index is 1260. The molecule has 1 aliphatic carbocycles. The van der Waals surface area contributed by atoms with Crippen LogP contribution >= 0.6 is 0 Å². The number of aryl methyl sites for hydroxylation is 1. The highest BCUT2D eigenvalue weighted by Gasteiger charge is 2.28. The third-order valence-electron chi connectivity index (χ3n) is 6.17. The standard InChI is InChI=1S/C26H30N4O4/c1-15(2)30-25-21(13-27-30)20(12-23(29-25)18-8-9-18)26(33)34-14-19(31)10-11-24(32)28-22-7-5-6-16(3)17(22)4/h5-7,12-13,15,18H,8-11,14H2,1-4H3,(H,28,32). The van der Waals surface area contributed by atoms with Gasteiger partial charge in [0.25, 0.3) is 0 Å². The molecule has 0 aliphatic heterocycles. The van der Waals surface area contributed by atoms with Gasteiger partial charge in [0.15, 0.2) is 11.4 Å². The Morgan fingerprint density at radius 3 is 2.65 bits per heavy atom. The molecule has 3 aromatic rings. The zero-order valence-corrected chi connectivity index (χ0v) is 20.1. The van der Waals surface area contributed by atoms with Crippen LogP contribution in [0.3, 0.4) is 0 Å². The first kappa shape index (κ1) is 23.6. The summed E-state index contributed by atoms with van der Waals surface area (Å²) in [5.74, 6) is -0.788. The van der Waals surface area contributed by atoms with Crippen LogP contribution < -0.4 is 5.32 Å². The maximum atomic E-state index is 12.9. The largest absolute Gasteiger partial charge is 0.454 e. The van der Waals surface area contributed by atoms with Gasteiger partial charge in [0.2, 0.25) is 5.91 Å². The van der Waals surface area contributed by atoms with Gasteiger partial charge in [-0.05, 0) is 63.8 Å². The first-order valence-corrected chi connectivity index (χ1v) is 11.7. The normalized spacial score (nSPS) is 13.3. The number of hydrogen-bond donors (Lipinski definition) is 1. The molecule has 2 aromatic heterocycles. The average Bonchev–Trinajstić information content (AvgIpc) is 3.57. The van der Waals surface area contributed by atoms with E-state index in [4.69, 9.17) is 9.72 Å². The lowest BCUT2D eigenvalue weighted by Crippen LogP contribution is -2.18. The van der Waals surface area contributed by atoms with Crippen molar-refractivity contribution in [3.8, 4) is 0 Å². The molecule has 0 atom stereocenters. The number of benzene rings is 1. The summed E-state index contributed by atoms with van der Waals surface area (Å²) in [6, 6.07) is 7.53. The van der Waals surface area contributed by atoms with Crippen LogP contribution in [-0.2, 0) is 14.3 Å². The minimum Gasteiger partial charge on any atom is -0.454 e. The van der Waals surface area contributed by atoms with Crippen molar-refractivity contribution >= 4 is 34.4 Å². The summed E-state index contributed by atoms with van der Waals surface area (Å²) in [5, 5.41) is 7.83. The van der Waals surface area contributed by atoms with Crippen LogP contribution in [0.5, 0.6) is 0 Å². The molecule has 0 spiro atoms. The summed E-state index contributed by atoms with van der Waals surface area (Å²) >= 11 is 0. The van der Waals surface area contributed by atoms with Gasteiger partial charge in [-0.3, -0.25) is 9.59 Å². The van der Waals surface area contributed by atoms with E-state index in [1.165, 1.54) is 0 Å². The minimum atomic E-state index is -0.578. The summed E-state index contributed by atoms with van der Waals surface area (Å²) in [4.78, 5) is 42.2. The maximum absolute atomic E-state index is 12.9. The SMILES string of the molecule is Cc1cccc(NC(=O)CCC(=O)COC(=O)c2cc(C3CC3)nc3c2cnn3C(C)C)c1C. The van der Waals surface area contributed by atoms with Gasteiger partial charge >= 0.3 is 5.97 Å². The Labute approximate surface area is 198 Å². The molecule has 1 fully saturated rings. The van der Waals surface area contributed by atoms with Crippen molar-refractivity contribution in [2.75, 3.05) is 11.9 Å². The fraction of sp³-hybridized carbons (Fsp3) is 0.423. The summed E-state index contributed by atoms with van der Waals surface area (Å²) in [5.41, 5.74) is 4.69. The van der Waals surface area contributed by atoms with Crippen LogP contribution in [0.2, 0.25) is 0 Å². The van der Waals surface area contributed by atoms with E-state index < -0.39 is 5.97 Å². The minimum absolute atomic E-state index is 0.00562. The Hall–Kier alpha value is -3.55. The number of esters is 1. The second-order valence-electron chi connectivity index (χ2n) is 9.20. The van der Waals surface area contributed by atoms with Crippen molar-refractivity contribution in [2.45, 2.75) is 65.3 Å². The number of Topliss-reactive ketones (excluding diaryl/α,β-unsaturated/α-hetero) is 1. The van der Waals surface area contributed by atoms with Gasteiger partial charge in [-0.1, -0.05) is 12.1 Å². The van der Waals surface area contributed by atoms with Gasteiger partial charge in [0, 0.05) is 36.2 Å². The van der Waals surface area contributed by atoms with E-state index in [1.807, 2.05) is 45.9 Å². The number of anilines is 1. The number of nitrogens with zero attached hydrogens (tertiary/aromatic N) is 3. The predicted octanol–water partition coefficient (Wildman–Crippen LogP) is 4.65. The van der Waals surface area contributed by atoms with E-state index in [2.05, 4.69) is 10.4 Å². The lowest BCUT2D eigenvalue weighted by atomic mass is 10.1. The molecule has 178 valence electrons. The molecule has 4 rings (SSSR count). The lowest BCUT2D eigenvalue weighted by molar-refractivity contribution is -0.125. The second-order valence-corrected chi connectivity index (χ2v) is 9.20. The van der Waals surface area contributed by atoms with Crippen LogP contribution in [0.15, 0.2) is 30.5 Å². The molecule has 0 radical (unpaired) electrons. The monoisotopic (exact) mass is 462 g/mol. The lowest BCUT2D eigenvalue weighted by Gasteiger charge is -2.11. The topological polar surface area (TPSA) is 103 Å². The first-order valence-electron chi connectivity index (χ1n) is 11.7. The Morgan fingerprint density at radius 1 is 1.18 bits per heavy atom. The maximum Gasteiger partial charge on any atom is 0.339 e. The highest BCUT2D eigenvalue weighted by Crippen LogP contribution is 2.40. The van der Waals surface area contributed by atoms with Gasteiger partial charge in [0.1, 0.15) is 6.61 Å². The van der Waals surface area contributed by atoms with Crippen molar-refractivity contribution in [1.82, 2.24) is 14.8 Å². The van der Waals surface area contributed by atoms with Crippen LogP contribution in [0.4, 0.5) is 5.69 Å². The molecular weight excluding hydrogens is 432 g/mol. The first-order chi connectivity index (χ1) is 16.2. The smallest absolute Gasteiger partial charge is 0.339 e. The molecule has 1 amide bonds. The number of carbonyl (C=O) groups is 3. The van der Waals surface area contributed by atoms with E-state index in [1.54, 1.807) is 16.9 Å². The number of rotatable bonds is 9. The van der Waals surface area contributed by atoms with Crippen molar-refractivity contribution < 1.29 is 19.1 Å². The van der Waals surface area contributed by atoms with E-state index in [0.29, 0.717) is 22.5 Å². The fourth-order valence-electron chi connectivity index (χ4n) is 3.82. The van der Waals surface area contributed by atoms with E-state index in [0.717, 1.165) is 35.3 Å². The number of aromatic nitrogens is 3. The highest BCUT2D eigenvalue weighted by atomic mass is 16.5. The van der Waals surface area contributed by atoms with Crippen molar-refractivity contribution in [1.29, 1.82) is 0 Å². The molecule has 8 heteroatoms. The Morgan fingerprint density at radius 2 is 1.94 bits per heavy atom. The molecule has 0 saturated heterocycles. The molecule has 34 heavy (non-hydrogen) atoms. The van der Waals surface area contributed by atoms with Gasteiger partial charge in [0.05, 0.1) is 17.1 Å². The summed E-state index contributed by atoms with van der Waals surface area (Å²) < 4.78 is 7.11. The third-order valence-corrected chi connectivity index (χ3v) is 6.17. The van der Waals surface area contributed by atoms with Crippen molar-refractivity contribution in [2.24, 2.45) is 0 Å². The summed E-state index contributed by atoms with van der Waals surface area (Å²) in [6.07, 6.45) is 3.73. The molecule has 2 heterocycles. The number of ketones is 1. The molecule has 1 saturated carbocycles. The molecule has 1 aromatic carbocycles. The molecule has 1 aliphatic rings. The molecular formula is C26H30N4O4. The number of ether oxygens (including phenoxy) is 1. The molecule has 0 unspecified atom stereocenters. The van der Waals surface area contributed by atoms with Crippen LogP contribution in [0, 0.1) is 13.8 Å². The Balaban J connectivity index is 1.36. The zero-order valence-electron chi connectivity index (χ0n) is 20.1. The van der Waals surface area contributed by atoms with Crippen molar-refractivity contribution in [3.63, 3.8) is 0 Å². The van der Waals surface area contributed by atoms with E-state index in [9.17, 15) is 14.4 Å². The number of hydrogen-bond acceptors (Lipinski definition) is 6. The second kappa shape index (κ2) is 9.75. The Kier molecular flexibility index (Phi) is 6.77. The third kappa shape index (κ3) is 5.16. The predicted molar refractivity (Wildman–Crippen MR) is 129 cm³/mol. The van der Waals surface area contributed by atoms with E-state index >= 15 is 0 Å². The summed E-state index contributed by atoms with van der Waals surface area (Å²) in [7, 11) is 0. The zero-order chi connectivity index (χ0) is 24.4. The number of nitrogens with one attached hydrogen (secondary N) is 1. The van der Waals surface area contributed by atoms with Crippen LogP contribution in [-0.4, -0.2) is 39.0 Å². The molecule has 8 nitrogen and oxygen atoms in total. The van der Waals surface area contributed by atoms with Crippen LogP contribution in [0.1, 0.15) is 78.7 Å². The van der Waals surface area contributed by atoms with Crippen molar-refractivity contribution in [3.05, 3.63) is 52.8 Å². The average molecular weight is 463 g/mol. The van der Waals surface area contributed by atoms with Gasteiger partial charge in [-0.15, -0.1) is 0 Å². The van der Waals surface area contributed by atoms with E-state index in [-0.39, 0.29) is 37.2 Å². The van der Waals surface area contributed by atoms with Gasteiger partial charge < -0.3 is 10.1 Å². The van der Waals surface area contributed by atoms with Gasteiger partial charge in [-0.25, -0.2) is 14.5 Å². The van der Waals surface area contributed by atoms with Crippen LogP contribution in [0.25, 0.3) is 11.0 Å². The molecule has 0 bridgehead atoms. The van der Waals surface area contributed by atoms with Gasteiger partial charge in [-0.2, -0.15) is 5.10 Å². The quantitative estimate of drug-likeness (QED) is 0.464. The number of fused-ring (bicyclic) bond motifs is 1. The number of amides is 1. The summed E-state index contributed by atoms with van der Waals surface area (Å²) in [6.45, 7) is 7.54. The highest BCUT2D eigenvalue weighted by molar-refractivity contribution is 6.03.